The second kappa shape index (κ2) is 4.18. The predicted octanol–water partition coefficient (Wildman–Crippen LogP) is 1.38. The van der Waals surface area contributed by atoms with E-state index in [1.165, 1.54) is 17.0 Å². The summed E-state index contributed by atoms with van der Waals surface area (Å²) in [6.45, 7) is 6.54. The Kier molecular flexibility index (Phi) is 3.04. The van der Waals surface area contributed by atoms with Gasteiger partial charge in [0, 0.05) is 51.9 Å². The minimum Gasteiger partial charge on any atom is -0.272 e. The number of fused-ring (bicyclic) bond motifs is 1. The molecule has 0 aromatic carbocycles. The summed E-state index contributed by atoms with van der Waals surface area (Å²) in [5.41, 5.74) is 4.13. The summed E-state index contributed by atoms with van der Waals surface area (Å²) in [4.78, 5) is 0. The molecule has 0 amide bonds. The molecule has 4 nitrogen and oxygen atoms in total. The molecule has 0 N–H and O–H groups in total. The molecule has 2 rings (SSSR count). The summed E-state index contributed by atoms with van der Waals surface area (Å²) in [6, 6.07) is 0. The second-order valence-electron chi connectivity index (χ2n) is 5.07. The third kappa shape index (κ3) is 1.87. The van der Waals surface area contributed by atoms with Gasteiger partial charge >= 0.3 is 0 Å². The van der Waals surface area contributed by atoms with E-state index >= 15 is 0 Å². The lowest BCUT2D eigenvalue weighted by molar-refractivity contribution is 0.0103. The van der Waals surface area contributed by atoms with E-state index in [1.54, 1.807) is 0 Å². The summed E-state index contributed by atoms with van der Waals surface area (Å²) < 4.78 is 2.07. The Bertz CT molecular complexity index is 379. The van der Waals surface area contributed by atoms with Gasteiger partial charge in [0.25, 0.3) is 0 Å². The maximum Gasteiger partial charge on any atom is 0.0698 e. The van der Waals surface area contributed by atoms with Crippen molar-refractivity contribution in [2.24, 2.45) is 7.05 Å². The van der Waals surface area contributed by atoms with Crippen LogP contribution in [0.1, 0.15) is 36.7 Å². The van der Waals surface area contributed by atoms with Gasteiger partial charge in [-0.25, -0.2) is 10.0 Å². The van der Waals surface area contributed by atoms with Crippen molar-refractivity contribution in [3.05, 3.63) is 17.0 Å². The van der Waals surface area contributed by atoms with Gasteiger partial charge in [-0.15, -0.1) is 0 Å². The van der Waals surface area contributed by atoms with Gasteiger partial charge in [0.2, 0.25) is 0 Å². The van der Waals surface area contributed by atoms with Gasteiger partial charge in [-0.3, -0.25) is 4.68 Å². The molecule has 1 aliphatic heterocycles. The van der Waals surface area contributed by atoms with Crippen LogP contribution >= 0.6 is 0 Å². The zero-order valence-electron chi connectivity index (χ0n) is 11.0. The van der Waals surface area contributed by atoms with Gasteiger partial charge < -0.3 is 0 Å². The molecule has 0 bridgehead atoms. The first-order valence-electron chi connectivity index (χ1n) is 5.97. The van der Waals surface area contributed by atoms with Crippen LogP contribution in [0.4, 0.5) is 0 Å². The molecule has 0 fully saturated rings. The lowest BCUT2D eigenvalue weighted by Crippen LogP contribution is -2.41. The molecule has 1 aromatic heterocycles. The van der Waals surface area contributed by atoms with Crippen LogP contribution in [-0.4, -0.2) is 40.4 Å². The summed E-state index contributed by atoms with van der Waals surface area (Å²) in [6.07, 6.45) is 1.10. The maximum absolute atomic E-state index is 4.66. The third-order valence-corrected chi connectivity index (χ3v) is 3.37. The lowest BCUT2D eigenvalue weighted by Gasteiger charge is -2.32. The smallest absolute Gasteiger partial charge is 0.0698 e. The van der Waals surface area contributed by atoms with E-state index < -0.39 is 0 Å². The highest BCUT2D eigenvalue weighted by Crippen LogP contribution is 2.26. The molecule has 0 atom stereocenters. The number of hydrogen-bond donors (Lipinski definition) is 0. The number of aryl methyl sites for hydroxylation is 1. The molecule has 0 saturated carbocycles. The van der Waals surface area contributed by atoms with Crippen molar-refractivity contribution in [2.45, 2.75) is 32.7 Å². The molecule has 0 aliphatic carbocycles. The molecule has 0 saturated heterocycles. The summed E-state index contributed by atoms with van der Waals surface area (Å²) in [5.74, 6) is 0.511. The molecule has 90 valence electrons. The van der Waals surface area contributed by atoms with Gasteiger partial charge in [-0.2, -0.15) is 5.10 Å². The zero-order chi connectivity index (χ0) is 11.9. The molecule has 1 aliphatic rings. The fourth-order valence-corrected chi connectivity index (χ4v) is 2.41. The first-order valence-corrected chi connectivity index (χ1v) is 5.97. The molecule has 2 heterocycles. The standard InChI is InChI=1S/C12H22N4/c1-9(2)12-10-8-16(14(3)4)7-6-11(10)15(5)13-12/h9H,6-8H2,1-5H3. The highest BCUT2D eigenvalue weighted by molar-refractivity contribution is 5.30. The normalized spacial score (nSPS) is 17.2. The van der Waals surface area contributed by atoms with Crippen LogP contribution in [0.2, 0.25) is 0 Å². The Balaban J connectivity index is 2.35. The van der Waals surface area contributed by atoms with Crippen molar-refractivity contribution >= 4 is 0 Å². The molecule has 0 spiro atoms. The Hall–Kier alpha value is -0.870. The number of hydrogen-bond acceptors (Lipinski definition) is 3. The second-order valence-corrected chi connectivity index (χ2v) is 5.07. The molecular weight excluding hydrogens is 200 g/mol. The Morgan fingerprint density at radius 2 is 2.00 bits per heavy atom. The van der Waals surface area contributed by atoms with Gasteiger partial charge in [0.05, 0.1) is 5.69 Å². The van der Waals surface area contributed by atoms with Crippen LogP contribution in [-0.2, 0) is 20.0 Å². The van der Waals surface area contributed by atoms with Gasteiger partial charge in [0.15, 0.2) is 0 Å². The fraction of sp³-hybridized carbons (Fsp3) is 0.750. The Morgan fingerprint density at radius 3 is 2.56 bits per heavy atom. The highest BCUT2D eigenvalue weighted by atomic mass is 15.6. The monoisotopic (exact) mass is 222 g/mol. The fourth-order valence-electron chi connectivity index (χ4n) is 2.41. The average molecular weight is 222 g/mol. The van der Waals surface area contributed by atoms with E-state index in [1.807, 2.05) is 0 Å². The van der Waals surface area contributed by atoms with Gasteiger partial charge in [0.1, 0.15) is 0 Å². The number of hydrazine groups is 1. The topological polar surface area (TPSA) is 24.3 Å². The summed E-state index contributed by atoms with van der Waals surface area (Å²) >= 11 is 0. The SMILES string of the molecule is CC(C)c1nn(C)c2c1CN(N(C)C)CC2. The van der Waals surface area contributed by atoms with Crippen LogP contribution < -0.4 is 0 Å². The van der Waals surface area contributed by atoms with Gasteiger partial charge in [-0.05, 0) is 5.92 Å². The Labute approximate surface area is 97.8 Å². The molecular formula is C12H22N4. The van der Waals surface area contributed by atoms with Gasteiger partial charge in [-0.1, -0.05) is 13.8 Å². The van der Waals surface area contributed by atoms with Crippen molar-refractivity contribution in [1.82, 2.24) is 19.8 Å². The van der Waals surface area contributed by atoms with E-state index in [0.717, 1.165) is 19.5 Å². The van der Waals surface area contributed by atoms with Crippen molar-refractivity contribution in [1.29, 1.82) is 0 Å². The number of nitrogens with zero attached hydrogens (tertiary/aromatic N) is 4. The first kappa shape index (κ1) is 11.6. The quantitative estimate of drug-likeness (QED) is 0.755. The van der Waals surface area contributed by atoms with Crippen molar-refractivity contribution in [3.8, 4) is 0 Å². The third-order valence-electron chi connectivity index (χ3n) is 3.37. The van der Waals surface area contributed by atoms with E-state index in [0.29, 0.717) is 5.92 Å². The van der Waals surface area contributed by atoms with Crippen LogP contribution in [0.15, 0.2) is 0 Å². The lowest BCUT2D eigenvalue weighted by atomic mass is 10.00. The number of aromatic nitrogens is 2. The molecule has 0 radical (unpaired) electrons. The minimum atomic E-state index is 0.511. The molecule has 16 heavy (non-hydrogen) atoms. The highest BCUT2D eigenvalue weighted by Gasteiger charge is 2.25. The largest absolute Gasteiger partial charge is 0.272 e. The van der Waals surface area contributed by atoms with Crippen molar-refractivity contribution in [3.63, 3.8) is 0 Å². The van der Waals surface area contributed by atoms with E-state index in [9.17, 15) is 0 Å². The molecule has 4 heteroatoms. The van der Waals surface area contributed by atoms with Crippen LogP contribution in [0, 0.1) is 0 Å². The van der Waals surface area contributed by atoms with Crippen LogP contribution in [0.25, 0.3) is 0 Å². The van der Waals surface area contributed by atoms with Crippen LogP contribution in [0.3, 0.4) is 0 Å². The van der Waals surface area contributed by atoms with E-state index in [4.69, 9.17) is 0 Å². The van der Waals surface area contributed by atoms with E-state index in [-0.39, 0.29) is 0 Å². The molecule has 0 unspecified atom stereocenters. The van der Waals surface area contributed by atoms with Crippen molar-refractivity contribution in [2.75, 3.05) is 20.6 Å². The average Bonchev–Trinajstić information content (AvgIpc) is 2.56. The Morgan fingerprint density at radius 1 is 1.31 bits per heavy atom. The maximum atomic E-state index is 4.66. The number of rotatable bonds is 2. The van der Waals surface area contributed by atoms with Crippen LogP contribution in [0.5, 0.6) is 0 Å². The zero-order valence-corrected chi connectivity index (χ0v) is 11.0. The summed E-state index contributed by atoms with van der Waals surface area (Å²) in [7, 11) is 6.28. The minimum absolute atomic E-state index is 0.511. The molecule has 1 aromatic rings. The van der Waals surface area contributed by atoms with E-state index in [2.05, 4.69) is 54.8 Å². The van der Waals surface area contributed by atoms with Crippen molar-refractivity contribution < 1.29 is 0 Å². The predicted molar refractivity (Wildman–Crippen MR) is 65.1 cm³/mol. The summed E-state index contributed by atoms with van der Waals surface area (Å²) in [5, 5.41) is 9.21. The first-order chi connectivity index (χ1) is 7.50.